The molecule has 4 aromatic carbocycles. The maximum Gasteiger partial charge on any atom is 0.494 e. The second-order valence-electron chi connectivity index (χ2n) is 18.5. The van der Waals surface area contributed by atoms with Crippen LogP contribution >= 0.6 is 15.9 Å². The number of nitrogens with zero attached hydrogens (tertiary/aromatic N) is 4. The first-order valence-electron chi connectivity index (χ1n) is 21.7. The molecule has 65 heavy (non-hydrogen) atoms. The van der Waals surface area contributed by atoms with Crippen molar-refractivity contribution in [2.75, 3.05) is 7.15 Å². The minimum atomic E-state index is -1.00. The number of rotatable bonds is 6. The zero-order valence-corrected chi connectivity index (χ0v) is 40.2. The van der Waals surface area contributed by atoms with E-state index in [1.54, 1.807) is 0 Å². The van der Waals surface area contributed by atoms with Gasteiger partial charge in [-0.2, -0.15) is 0 Å². The summed E-state index contributed by atoms with van der Waals surface area (Å²) in [6.45, 7) is 24.4. The van der Waals surface area contributed by atoms with Gasteiger partial charge in [-0.15, -0.1) is 20.4 Å². The monoisotopic (exact) mass is 953 g/mol. The van der Waals surface area contributed by atoms with Crippen LogP contribution in [0.2, 0.25) is 0 Å². The molecule has 6 aromatic rings. The highest BCUT2D eigenvalue weighted by molar-refractivity contribution is 9.10. The molecule has 0 aliphatic carbocycles. The van der Waals surface area contributed by atoms with Gasteiger partial charge in [0.05, 0.1) is 42.1 Å². The molecule has 0 atom stereocenters. The van der Waals surface area contributed by atoms with Gasteiger partial charge >= 0.3 is 21.1 Å². The third kappa shape index (κ3) is 11.6. The summed E-state index contributed by atoms with van der Waals surface area (Å²) in [5, 5.41) is 16.4. The van der Waals surface area contributed by atoms with Gasteiger partial charge in [-0.05, 0) is 149 Å². The second kappa shape index (κ2) is 20.2. The third-order valence-corrected chi connectivity index (χ3v) is 13.0. The van der Waals surface area contributed by atoms with Crippen molar-refractivity contribution in [1.82, 2.24) is 20.4 Å². The van der Waals surface area contributed by atoms with E-state index in [0.717, 1.165) is 32.2 Å². The highest BCUT2D eigenvalue weighted by Gasteiger charge is 2.63. The Hall–Kier alpha value is -4.48. The highest BCUT2D eigenvalue weighted by atomic mass is 79.9. The lowest BCUT2D eigenvalue weighted by atomic mass is 9.49. The fourth-order valence-electron chi connectivity index (χ4n) is 6.43. The smallest absolute Gasteiger partial charge is 0.416 e. The maximum atomic E-state index is 9.96. The summed E-state index contributed by atoms with van der Waals surface area (Å²) < 4.78 is 64.0. The van der Waals surface area contributed by atoms with Crippen molar-refractivity contribution in [2.24, 2.45) is 0 Å². The Labute approximate surface area is 394 Å². The molecule has 0 unspecified atom stereocenters. The lowest BCUT2D eigenvalue weighted by molar-refractivity contribution is 0.00578. The first kappa shape index (κ1) is 49.9. The fraction of sp³-hybridized carbons (Fsp3) is 0.417. The maximum absolute atomic E-state index is 9.96. The number of hydrogen-bond donors (Lipinski definition) is 0. The molecule has 3 aliphatic heterocycles. The number of hydrogen-bond acceptors (Lipinski definition) is 12. The van der Waals surface area contributed by atoms with E-state index in [0.29, 0.717) is 23.6 Å². The van der Waals surface area contributed by atoms with Gasteiger partial charge in [-0.25, -0.2) is 0 Å². The van der Waals surface area contributed by atoms with Gasteiger partial charge in [0.25, 0.3) is 0 Å². The van der Waals surface area contributed by atoms with Gasteiger partial charge in [0.2, 0.25) is 23.6 Å². The summed E-state index contributed by atoms with van der Waals surface area (Å²) in [7, 11) is -2.33. The van der Waals surface area contributed by atoms with Crippen molar-refractivity contribution < 1.29 is 42.5 Å². The number of aromatic nitrogens is 4. The van der Waals surface area contributed by atoms with Crippen molar-refractivity contribution in [2.45, 2.75) is 124 Å². The standard InChI is InChI=1S/C20H21BN2O3.C14H9BrN2O.C12H24B2O4.CH3F.CH4/c1-19(2)20(3,4)26-21(25-19)16-12-10-15(11-13-16)18-23-22-17(24-18)14-8-6-5-7-9-14;15-12-8-6-11(7-9-12)14-17-16-13(18-14)10-4-2-1-3-5-10;1-9(2)10(3,4)16-13(15-9)14-17-11(5,6)12(7,8)18-14;1-2;/h5-13H,1-4H3;1-9H;1-8H3;1H3;1H4/i;;;1D;. The molecule has 17 heteroatoms. The molecule has 0 radical (unpaired) electrons. The lowest BCUT2D eigenvalue weighted by Crippen LogP contribution is -2.41. The topological polar surface area (TPSA) is 133 Å². The van der Waals surface area contributed by atoms with E-state index in [2.05, 4.69) is 36.3 Å². The normalized spacial score (nSPS) is 19.4. The molecule has 0 N–H and O–H groups in total. The molecule has 3 saturated heterocycles. The molecule has 9 rings (SSSR count). The molecule has 0 spiro atoms. The molecule has 2 aromatic heterocycles. The summed E-state index contributed by atoms with van der Waals surface area (Å²) in [6.07, 6.45) is 0. The SMILES string of the molecule is Brc1ccc(-c2nnc(-c3ccccc3)o2)cc1.C.CC1(C)OB(B2OC(C)(C)C(C)(C)O2)OC1(C)C.CC1(C)OB(c2ccc(-c3nnc(-c4ccccc4)o3)cc2)OC1(C)C.[2H]CF. The van der Waals surface area contributed by atoms with Crippen LogP contribution in [-0.4, -0.2) is 82.3 Å². The van der Waals surface area contributed by atoms with Gasteiger partial charge < -0.3 is 36.8 Å². The third-order valence-electron chi connectivity index (χ3n) is 12.4. The van der Waals surface area contributed by atoms with E-state index in [4.69, 9.17) is 38.1 Å². The van der Waals surface area contributed by atoms with Crippen LogP contribution in [0.5, 0.6) is 0 Å². The summed E-state index contributed by atoms with van der Waals surface area (Å²) in [6, 6.07) is 35.1. The molecule has 5 heterocycles. The predicted octanol–water partition coefficient (Wildman–Crippen LogP) is 11.3. The van der Waals surface area contributed by atoms with Gasteiger partial charge in [0.1, 0.15) is 0 Å². The molecule has 0 bridgehead atoms. The predicted molar refractivity (Wildman–Crippen MR) is 260 cm³/mol. The molecular weight excluding hydrogens is 892 g/mol. The molecule has 12 nitrogen and oxygen atoms in total. The van der Waals surface area contributed by atoms with Gasteiger partial charge in [-0.3, -0.25) is 4.39 Å². The van der Waals surface area contributed by atoms with Crippen LogP contribution < -0.4 is 5.46 Å². The summed E-state index contributed by atoms with van der Waals surface area (Å²) in [5.74, 6) is 2.06. The van der Waals surface area contributed by atoms with Crippen molar-refractivity contribution in [1.29, 1.82) is 0 Å². The van der Waals surface area contributed by atoms with E-state index in [-0.39, 0.29) is 48.2 Å². The highest BCUT2D eigenvalue weighted by Crippen LogP contribution is 2.43. The molecule has 0 saturated carbocycles. The largest absolute Gasteiger partial charge is 0.494 e. The Bertz CT molecular complexity index is 2380. The molecule has 344 valence electrons. The van der Waals surface area contributed by atoms with Crippen molar-refractivity contribution in [3.05, 3.63) is 114 Å². The first-order chi connectivity index (χ1) is 30.5. The lowest BCUT2D eigenvalue weighted by Gasteiger charge is -2.32. The summed E-state index contributed by atoms with van der Waals surface area (Å²) >= 11 is 3.39. The van der Waals surface area contributed by atoms with E-state index in [9.17, 15) is 4.39 Å². The zero-order valence-electron chi connectivity index (χ0n) is 39.6. The van der Waals surface area contributed by atoms with E-state index in [1.165, 1.54) is 0 Å². The van der Waals surface area contributed by atoms with Crippen LogP contribution in [0, 0.1) is 0 Å². The summed E-state index contributed by atoms with van der Waals surface area (Å²) in [4.78, 5) is 0. The number of benzene rings is 4. The van der Waals surface area contributed by atoms with Gasteiger partial charge in [0, 0.05) is 26.7 Å². The molecule has 3 aliphatic rings. The van der Waals surface area contributed by atoms with E-state index >= 15 is 0 Å². The Morgan fingerprint density at radius 3 is 1.00 bits per heavy atom. The quantitative estimate of drug-likeness (QED) is 0.147. The Kier molecular flexibility index (Phi) is 15.5. The zero-order chi connectivity index (χ0) is 47.4. The molecular formula is C48H61B3BrFN4O8. The first-order valence-corrected chi connectivity index (χ1v) is 21.8. The summed E-state index contributed by atoms with van der Waals surface area (Å²) in [5.41, 5.74) is 2.42. The Morgan fingerprint density at radius 1 is 0.431 bits per heavy atom. The molecule has 0 amide bonds. The van der Waals surface area contributed by atoms with E-state index < -0.39 is 21.2 Å². The minimum absolute atomic E-state index is 0. The second-order valence-corrected chi connectivity index (χ2v) is 19.4. The van der Waals surface area contributed by atoms with Crippen LogP contribution in [0.3, 0.4) is 0 Å². The van der Waals surface area contributed by atoms with Crippen LogP contribution in [-0.2, 0) is 27.9 Å². The average Bonchev–Trinajstić information content (AvgIpc) is 4.07. The van der Waals surface area contributed by atoms with Gasteiger partial charge in [0.15, 0.2) is 0 Å². The van der Waals surface area contributed by atoms with Crippen LogP contribution in [0.25, 0.3) is 45.8 Å². The van der Waals surface area contributed by atoms with Crippen molar-refractivity contribution in [3.63, 3.8) is 0 Å². The molecule has 3 fully saturated rings. The Morgan fingerprint density at radius 2 is 0.692 bits per heavy atom. The van der Waals surface area contributed by atoms with Crippen LogP contribution in [0.1, 0.15) is 91.9 Å². The van der Waals surface area contributed by atoms with Crippen LogP contribution in [0.4, 0.5) is 4.39 Å². The average molecular weight is 954 g/mol. The minimum Gasteiger partial charge on any atom is -0.416 e. The van der Waals surface area contributed by atoms with Gasteiger partial charge in [-0.1, -0.05) is 71.9 Å². The Balaban J connectivity index is 0.000000183. The number of alkyl halides is 1. The van der Waals surface area contributed by atoms with Crippen molar-refractivity contribution in [3.8, 4) is 45.8 Å². The number of halogens is 2. The van der Waals surface area contributed by atoms with E-state index in [1.807, 2.05) is 192 Å². The van der Waals surface area contributed by atoms with Crippen LogP contribution in [0.15, 0.2) is 123 Å². The fourth-order valence-corrected chi connectivity index (χ4v) is 6.69. The van der Waals surface area contributed by atoms with Crippen molar-refractivity contribution >= 4 is 42.5 Å².